The largest absolute Gasteiger partial charge is 0.366 e. The van der Waals surface area contributed by atoms with Crippen molar-refractivity contribution in [2.75, 3.05) is 0 Å². The highest BCUT2D eigenvalue weighted by molar-refractivity contribution is 5.22. The van der Waals surface area contributed by atoms with E-state index in [-0.39, 0.29) is 11.5 Å². The second kappa shape index (κ2) is 6.06. The van der Waals surface area contributed by atoms with Crippen molar-refractivity contribution in [1.82, 2.24) is 0 Å². The van der Waals surface area contributed by atoms with Crippen LogP contribution in [-0.4, -0.2) is 23.0 Å². The lowest BCUT2D eigenvalue weighted by atomic mass is 9.44. The van der Waals surface area contributed by atoms with Crippen molar-refractivity contribution >= 4 is 0 Å². The molecule has 8 atom stereocenters. The summed E-state index contributed by atoms with van der Waals surface area (Å²) in [7, 11) is 0. The number of hydrogen-bond acceptors (Lipinski definition) is 3. The third-order valence-corrected chi connectivity index (χ3v) is 9.09. The number of allylic oxidation sites excluding steroid dienone is 1. The van der Waals surface area contributed by atoms with E-state index < -0.39 is 5.79 Å². The van der Waals surface area contributed by atoms with Gasteiger partial charge in [-0.2, -0.15) is 0 Å². The monoisotopic (exact) mass is 361 g/mol. The normalized spacial score (nSPS) is 51.5. The maximum Gasteiger partial charge on any atom is 0.160 e. The molecule has 0 saturated heterocycles. The van der Waals surface area contributed by atoms with E-state index in [1.165, 1.54) is 44.1 Å². The van der Waals surface area contributed by atoms with E-state index in [0.29, 0.717) is 35.1 Å². The molecule has 26 heavy (non-hydrogen) atoms. The van der Waals surface area contributed by atoms with Crippen LogP contribution in [0, 0.1) is 34.5 Å². The van der Waals surface area contributed by atoms with Crippen molar-refractivity contribution < 1.29 is 9.84 Å². The van der Waals surface area contributed by atoms with Crippen LogP contribution in [0.4, 0.5) is 0 Å². The van der Waals surface area contributed by atoms with E-state index >= 15 is 0 Å². The summed E-state index contributed by atoms with van der Waals surface area (Å²) in [6, 6.07) is 0.340. The van der Waals surface area contributed by atoms with Gasteiger partial charge in [-0.1, -0.05) is 26.0 Å². The molecule has 4 aliphatic rings. The number of aliphatic hydroxyl groups is 1. The minimum absolute atomic E-state index is 0.152. The fourth-order valence-electron chi connectivity index (χ4n) is 7.63. The summed E-state index contributed by atoms with van der Waals surface area (Å²) in [6.45, 7) is 13.0. The van der Waals surface area contributed by atoms with Crippen molar-refractivity contribution in [1.29, 1.82) is 0 Å². The SMILES string of the molecule is C=C1CCC2C3C(CC[C@]12C)[C@@]1(C)CC[C@@H](N)CC1C[C@@H]3OC(C)(C)O. The Labute approximate surface area is 159 Å². The van der Waals surface area contributed by atoms with Gasteiger partial charge in [-0.3, -0.25) is 0 Å². The molecule has 4 unspecified atom stereocenters. The lowest BCUT2D eigenvalue weighted by molar-refractivity contribution is -0.261. The Balaban J connectivity index is 1.72. The van der Waals surface area contributed by atoms with Gasteiger partial charge >= 0.3 is 0 Å². The van der Waals surface area contributed by atoms with Crippen LogP contribution in [-0.2, 0) is 4.74 Å². The van der Waals surface area contributed by atoms with E-state index in [1.54, 1.807) is 13.8 Å². The van der Waals surface area contributed by atoms with Crippen LogP contribution < -0.4 is 5.73 Å². The molecular weight excluding hydrogens is 322 g/mol. The second-order valence-electron chi connectivity index (χ2n) is 11.0. The predicted octanol–water partition coefficient (Wildman–Crippen LogP) is 4.64. The molecule has 4 aliphatic carbocycles. The molecule has 4 saturated carbocycles. The highest BCUT2D eigenvalue weighted by Gasteiger charge is 2.62. The molecular formula is C23H39NO2. The van der Waals surface area contributed by atoms with E-state index in [1.807, 2.05) is 0 Å². The average molecular weight is 362 g/mol. The van der Waals surface area contributed by atoms with Crippen LogP contribution in [0.5, 0.6) is 0 Å². The van der Waals surface area contributed by atoms with Crippen LogP contribution in [0.3, 0.4) is 0 Å². The summed E-state index contributed by atoms with van der Waals surface area (Å²) in [5, 5.41) is 10.5. The Bertz CT molecular complexity index is 581. The molecule has 0 bridgehead atoms. The van der Waals surface area contributed by atoms with Gasteiger partial charge in [0, 0.05) is 6.04 Å². The zero-order chi connectivity index (χ0) is 18.9. The molecule has 0 aromatic rings. The molecule has 3 heteroatoms. The molecule has 0 radical (unpaired) electrons. The van der Waals surface area contributed by atoms with Gasteiger partial charge in [-0.25, -0.2) is 0 Å². The van der Waals surface area contributed by atoms with Gasteiger partial charge in [0.25, 0.3) is 0 Å². The average Bonchev–Trinajstić information content (AvgIpc) is 2.83. The molecule has 0 amide bonds. The van der Waals surface area contributed by atoms with Crippen molar-refractivity contribution in [3.05, 3.63) is 12.2 Å². The van der Waals surface area contributed by atoms with Gasteiger partial charge in [0.1, 0.15) is 0 Å². The first kappa shape index (κ1) is 19.0. The Hall–Kier alpha value is -0.380. The molecule has 3 nitrogen and oxygen atoms in total. The molecule has 3 N–H and O–H groups in total. The smallest absolute Gasteiger partial charge is 0.160 e. The van der Waals surface area contributed by atoms with Gasteiger partial charge in [-0.15, -0.1) is 0 Å². The van der Waals surface area contributed by atoms with E-state index in [9.17, 15) is 5.11 Å². The number of ether oxygens (including phenoxy) is 1. The van der Waals surface area contributed by atoms with Gasteiger partial charge < -0.3 is 15.6 Å². The van der Waals surface area contributed by atoms with Crippen LogP contribution in [0.25, 0.3) is 0 Å². The summed E-state index contributed by atoms with van der Waals surface area (Å²) in [4.78, 5) is 0. The van der Waals surface area contributed by atoms with Gasteiger partial charge in [0.15, 0.2) is 5.79 Å². The summed E-state index contributed by atoms with van der Waals surface area (Å²) < 4.78 is 6.35. The number of hydrogen-bond donors (Lipinski definition) is 2. The predicted molar refractivity (Wildman–Crippen MR) is 105 cm³/mol. The maximum atomic E-state index is 10.5. The molecule has 0 spiro atoms. The van der Waals surface area contributed by atoms with Crippen molar-refractivity contribution in [3.63, 3.8) is 0 Å². The molecule has 0 aromatic heterocycles. The fourth-order valence-corrected chi connectivity index (χ4v) is 7.63. The number of fused-ring (bicyclic) bond motifs is 5. The molecule has 148 valence electrons. The summed E-state index contributed by atoms with van der Waals surface area (Å²) in [5.41, 5.74) is 8.49. The first-order valence-electron chi connectivity index (χ1n) is 10.9. The zero-order valence-electron chi connectivity index (χ0n) is 17.3. The van der Waals surface area contributed by atoms with E-state index in [2.05, 4.69) is 20.4 Å². The highest BCUT2D eigenvalue weighted by Crippen LogP contribution is 2.67. The van der Waals surface area contributed by atoms with Crippen LogP contribution in [0.1, 0.15) is 79.1 Å². The zero-order valence-corrected chi connectivity index (χ0v) is 17.3. The number of rotatable bonds is 2. The van der Waals surface area contributed by atoms with Crippen LogP contribution in [0.15, 0.2) is 12.2 Å². The summed E-state index contributed by atoms with van der Waals surface area (Å²) in [6.07, 6.45) is 9.76. The highest BCUT2D eigenvalue weighted by atomic mass is 16.6. The number of nitrogens with two attached hydrogens (primary N) is 1. The van der Waals surface area contributed by atoms with Crippen molar-refractivity contribution in [3.8, 4) is 0 Å². The Morgan fingerprint density at radius 2 is 1.85 bits per heavy atom. The van der Waals surface area contributed by atoms with Gasteiger partial charge in [0.2, 0.25) is 0 Å². The Morgan fingerprint density at radius 1 is 1.12 bits per heavy atom. The van der Waals surface area contributed by atoms with E-state index in [4.69, 9.17) is 10.5 Å². The lowest BCUT2D eigenvalue weighted by Gasteiger charge is -2.63. The topological polar surface area (TPSA) is 55.5 Å². The summed E-state index contributed by atoms with van der Waals surface area (Å²) in [5.74, 6) is 1.48. The quantitative estimate of drug-likeness (QED) is 0.557. The minimum atomic E-state index is -1.07. The maximum absolute atomic E-state index is 10.5. The Kier molecular flexibility index (Phi) is 4.42. The molecule has 0 heterocycles. The van der Waals surface area contributed by atoms with Crippen LogP contribution >= 0.6 is 0 Å². The van der Waals surface area contributed by atoms with Gasteiger partial charge in [-0.05, 0) is 99.7 Å². The third-order valence-electron chi connectivity index (χ3n) is 9.09. The summed E-state index contributed by atoms with van der Waals surface area (Å²) >= 11 is 0. The fraction of sp³-hybridized carbons (Fsp3) is 0.913. The van der Waals surface area contributed by atoms with Gasteiger partial charge in [0.05, 0.1) is 6.10 Å². The van der Waals surface area contributed by atoms with Crippen LogP contribution in [0.2, 0.25) is 0 Å². The lowest BCUT2D eigenvalue weighted by Crippen LogP contribution is -2.60. The Morgan fingerprint density at radius 3 is 2.54 bits per heavy atom. The first-order valence-corrected chi connectivity index (χ1v) is 10.9. The molecule has 4 fully saturated rings. The molecule has 4 rings (SSSR count). The van der Waals surface area contributed by atoms with Crippen molar-refractivity contribution in [2.24, 2.45) is 40.2 Å². The van der Waals surface area contributed by atoms with Crippen molar-refractivity contribution in [2.45, 2.75) is 97.0 Å². The third kappa shape index (κ3) is 2.81. The van der Waals surface area contributed by atoms with E-state index in [0.717, 1.165) is 12.8 Å². The molecule has 0 aliphatic heterocycles. The first-order chi connectivity index (χ1) is 12.0. The standard InChI is InChI=1S/C23H39NO2/c1-14-6-7-17-20-18(9-11-22(14,17)4)23(5)10-8-16(24)12-15(23)13-19(20)26-21(2,3)25/h15-20,25H,1,6-13,24H2,2-5H3/t15?,16-,17?,18?,19+,20?,22-,23+/m1/s1. The molecule has 0 aromatic carbocycles. The second-order valence-corrected chi connectivity index (χ2v) is 11.0. The minimum Gasteiger partial charge on any atom is -0.366 e.